The number of aliphatic hydroxyl groups excluding tert-OH is 4. The molecule has 0 aromatic carbocycles. The number of thioether (sulfide) groups is 1. The van der Waals surface area contributed by atoms with Crippen molar-refractivity contribution in [1.29, 1.82) is 0 Å². The maximum absolute atomic E-state index is 13.0. The van der Waals surface area contributed by atoms with Gasteiger partial charge in [0.15, 0.2) is 22.8 Å². The molecule has 5 fully saturated rings. The van der Waals surface area contributed by atoms with E-state index in [1.807, 2.05) is 6.92 Å². The molecule has 1 aliphatic heterocycles. The van der Waals surface area contributed by atoms with Gasteiger partial charge >= 0.3 is 0 Å². The number of aromatic nitrogens is 4. The summed E-state index contributed by atoms with van der Waals surface area (Å²) in [6, 6.07) is 0. The number of carbonyl (C=O) groups is 3. The third-order valence-corrected chi connectivity index (χ3v) is 21.9. The molecular weight excluding hydrogens is 1100 g/mol. The Morgan fingerprint density at radius 2 is 1.63 bits per heavy atom. The van der Waals surface area contributed by atoms with Gasteiger partial charge < -0.3 is 79.2 Å². The van der Waals surface area contributed by atoms with Crippen LogP contribution >= 0.6 is 35.2 Å². The Hall–Kier alpha value is -2.52. The minimum atomic E-state index is -5.94. The molecule has 0 radical (unpaired) electrons. The van der Waals surface area contributed by atoms with Crippen molar-refractivity contribution in [3.8, 4) is 0 Å². The minimum Gasteiger partial charge on any atom is -0.790 e. The van der Waals surface area contributed by atoms with Crippen LogP contribution in [0.1, 0.15) is 125 Å². The molecule has 2 aromatic rings. The first kappa shape index (κ1) is 63.1. The Bertz CT molecular complexity index is 2600. The Morgan fingerprint density at radius 3 is 2.35 bits per heavy atom. The lowest BCUT2D eigenvalue weighted by molar-refractivity contribution is -0.347. The fraction of sp³-hybridized carbons (Fsp3) is 0.833. The average molecular weight is 1180 g/mol. The van der Waals surface area contributed by atoms with E-state index in [4.69, 9.17) is 10.5 Å². The van der Waals surface area contributed by atoms with E-state index < -0.39 is 84.6 Å². The summed E-state index contributed by atoms with van der Waals surface area (Å²) in [5.74, 6) is 1.43. The van der Waals surface area contributed by atoms with Crippen molar-refractivity contribution in [3.63, 3.8) is 0 Å². The van der Waals surface area contributed by atoms with Crippen LogP contribution in [-0.4, -0.2) is 126 Å². The molecule has 4 unspecified atom stereocenters. The van der Waals surface area contributed by atoms with Crippen LogP contribution in [0.4, 0.5) is 5.82 Å². The number of phosphoric ester groups is 3. The fourth-order valence-corrected chi connectivity index (χ4v) is 17.2. The topological polar surface area (TPSA) is 415 Å². The average Bonchev–Trinajstić information content (AvgIpc) is 4.18. The van der Waals surface area contributed by atoms with Crippen molar-refractivity contribution in [3.05, 3.63) is 12.7 Å². The minimum absolute atomic E-state index is 0.0226. The number of aliphatic hydroxyl groups is 4. The number of anilines is 1. The Morgan fingerprint density at radius 1 is 0.936 bits per heavy atom. The van der Waals surface area contributed by atoms with Crippen molar-refractivity contribution in [2.45, 2.75) is 161 Å². The first-order valence-electron chi connectivity index (χ1n) is 26.7. The van der Waals surface area contributed by atoms with E-state index in [0.29, 0.717) is 41.3 Å². The van der Waals surface area contributed by atoms with Crippen LogP contribution in [0.15, 0.2) is 12.7 Å². The standard InChI is InChI=1S/C48H80N7O19P3S/c1-26(30-10-11-31-36-32(13-16-48(30,31)6)47(5)15-12-29(56)20-28(47)21-33(36)57)8-7-9-27(2)45(62)78-19-18-50-35(58)14-17-51-43(61)40(60)46(3,4)23-71-77(68,69)74-76(66,67)70-22-34-39(73-75(63,64)65)38(59)44(72-34)55-25-54-37-41(49)52-24-53-42(37)55/h24-34,36,38-40,44,56-57,59-60H,7-23H2,1-6H3,(H,50,58)(H,51,61)(H,66,67)(H,68,69)(H2,49,52,53)(H2,63,64,65)/p-4/t26-,27-,28+,29-,30-,31+,32?,33-,34-,36+,38-,39-,40+,44-,47+,48?/m1/s1. The number of hydrogen-bond donors (Lipinski definition) is 7. The summed E-state index contributed by atoms with van der Waals surface area (Å²) in [4.78, 5) is 98.4. The van der Waals surface area contributed by atoms with E-state index in [1.54, 1.807) is 0 Å². The zero-order chi connectivity index (χ0) is 57.3. The van der Waals surface area contributed by atoms with Gasteiger partial charge in [-0.15, -0.1) is 0 Å². The van der Waals surface area contributed by atoms with E-state index in [1.165, 1.54) is 26.7 Å². The number of rotatable bonds is 25. The van der Waals surface area contributed by atoms with Crippen molar-refractivity contribution in [1.82, 2.24) is 30.2 Å². The Labute approximate surface area is 457 Å². The summed E-state index contributed by atoms with van der Waals surface area (Å²) in [6.45, 7) is 9.30. The highest BCUT2D eigenvalue weighted by atomic mass is 32.2. The summed E-state index contributed by atoms with van der Waals surface area (Å²) in [5, 5.41) is 48.7. The molecule has 3 heterocycles. The summed E-state index contributed by atoms with van der Waals surface area (Å²) in [6.07, 6.45) is 2.68. The molecule has 4 saturated carbocycles. The third kappa shape index (κ3) is 14.6. The molecule has 0 spiro atoms. The number of hydrogen-bond acceptors (Lipinski definition) is 24. The van der Waals surface area contributed by atoms with Gasteiger partial charge in [-0.3, -0.25) is 28.1 Å². The first-order chi connectivity index (χ1) is 36.4. The summed E-state index contributed by atoms with van der Waals surface area (Å²) in [7, 11) is -17.7. The number of nitrogens with zero attached hydrogens (tertiary/aromatic N) is 4. The lowest BCUT2D eigenvalue weighted by atomic mass is 9.43. The molecule has 2 amide bonds. The summed E-state index contributed by atoms with van der Waals surface area (Å²) < 4.78 is 61.2. The molecule has 30 heteroatoms. The van der Waals surface area contributed by atoms with Gasteiger partial charge in [-0.25, -0.2) is 19.3 Å². The third-order valence-electron chi connectivity index (χ3n) is 17.8. The SMILES string of the molecule is C[C@H](CCC[C@@H](C)[C@H]1CC[C@H]2[C@H]3C(CCC12C)[C@@]1(C)CC[C@@H](O)C[C@H]1C[C@H]3O)C(=O)SCCNC(=O)CCNC(=O)[C@H](O)C(C)(C)COP(=O)([O-])OP(=O)([O-])OC[C@H]1O[C@@H](n2cnc3c(N)ncnc32)[C@H](O)[C@@H]1OP(=O)([O-])[O-]. The number of nitrogens with two attached hydrogens (primary N) is 1. The van der Waals surface area contributed by atoms with E-state index in [-0.39, 0.29) is 70.6 Å². The summed E-state index contributed by atoms with van der Waals surface area (Å²) >= 11 is 1.15. The highest BCUT2D eigenvalue weighted by molar-refractivity contribution is 8.13. The molecule has 26 nitrogen and oxygen atoms in total. The lowest BCUT2D eigenvalue weighted by Gasteiger charge is -2.62. The van der Waals surface area contributed by atoms with Gasteiger partial charge in [0.25, 0.3) is 15.6 Å². The smallest absolute Gasteiger partial charge is 0.274 e. The highest BCUT2D eigenvalue weighted by Crippen LogP contribution is 2.68. The first-order valence-corrected chi connectivity index (χ1v) is 32.1. The number of fused-ring (bicyclic) bond motifs is 6. The van der Waals surface area contributed by atoms with Crippen LogP contribution in [0, 0.1) is 57.7 Å². The second kappa shape index (κ2) is 25.1. The van der Waals surface area contributed by atoms with E-state index in [9.17, 15) is 68.1 Å². The van der Waals surface area contributed by atoms with Gasteiger partial charge in [0.2, 0.25) is 11.8 Å². The second-order valence-corrected chi connectivity index (χ2v) is 28.6. The van der Waals surface area contributed by atoms with Gasteiger partial charge in [-0.2, -0.15) is 0 Å². The molecule has 4 aliphatic carbocycles. The molecule has 0 bridgehead atoms. The van der Waals surface area contributed by atoms with E-state index >= 15 is 0 Å². The predicted octanol–water partition coefficient (Wildman–Crippen LogP) is 1.57. The molecule has 5 aliphatic rings. The number of nitrogen functional groups attached to an aromatic ring is 1. The molecule has 18 atom stereocenters. The maximum atomic E-state index is 13.0. The molecule has 2 aromatic heterocycles. The van der Waals surface area contributed by atoms with E-state index in [0.717, 1.165) is 86.8 Å². The van der Waals surface area contributed by atoms with Gasteiger partial charge in [0.1, 0.15) is 36.3 Å². The number of ether oxygens (including phenoxy) is 1. The van der Waals surface area contributed by atoms with Crippen molar-refractivity contribution in [2.24, 2.45) is 57.7 Å². The monoisotopic (exact) mass is 1180 g/mol. The quantitative estimate of drug-likeness (QED) is 0.0548. The van der Waals surface area contributed by atoms with Crippen LogP contribution in [0.25, 0.3) is 11.2 Å². The van der Waals surface area contributed by atoms with Crippen LogP contribution in [0.3, 0.4) is 0 Å². The van der Waals surface area contributed by atoms with Gasteiger partial charge in [-0.1, -0.05) is 66.1 Å². The number of amides is 2. The van der Waals surface area contributed by atoms with E-state index in [2.05, 4.69) is 64.2 Å². The maximum Gasteiger partial charge on any atom is 0.274 e. The zero-order valence-electron chi connectivity index (χ0n) is 44.8. The normalized spacial score (nSPS) is 33.9. The molecule has 7 rings (SSSR count). The van der Waals surface area contributed by atoms with Crippen LogP contribution < -0.4 is 35.9 Å². The van der Waals surface area contributed by atoms with Crippen molar-refractivity contribution in [2.75, 3.05) is 37.8 Å². The number of imidazole rings is 1. The Kier molecular flexibility index (Phi) is 20.3. The number of phosphoric acid groups is 3. The number of nitrogens with one attached hydrogen (secondary N) is 2. The Balaban J connectivity index is 0.764. The van der Waals surface area contributed by atoms with Gasteiger partial charge in [0.05, 0.1) is 39.6 Å². The van der Waals surface area contributed by atoms with Crippen molar-refractivity contribution >= 4 is 69.1 Å². The fourth-order valence-electron chi connectivity index (χ4n) is 13.6. The molecule has 442 valence electrons. The molecule has 1 saturated heterocycles. The largest absolute Gasteiger partial charge is 0.790 e. The van der Waals surface area contributed by atoms with Gasteiger partial charge in [-0.05, 0) is 104 Å². The molecule has 78 heavy (non-hydrogen) atoms. The lowest BCUT2D eigenvalue weighted by Crippen LogP contribution is -2.58. The van der Waals surface area contributed by atoms with Crippen molar-refractivity contribution < 1.29 is 90.7 Å². The molecule has 8 N–H and O–H groups in total. The second-order valence-electron chi connectivity index (χ2n) is 23.4. The number of carbonyl (C=O) groups excluding carboxylic acids is 3. The summed E-state index contributed by atoms with van der Waals surface area (Å²) in [5.41, 5.74) is 4.46. The zero-order valence-corrected chi connectivity index (χ0v) is 48.3. The van der Waals surface area contributed by atoms with Crippen LogP contribution in [-0.2, 0) is 50.7 Å². The van der Waals surface area contributed by atoms with Crippen LogP contribution in [0.2, 0.25) is 0 Å². The molecular formula is C48H76N7O19P3S-4. The predicted molar refractivity (Wildman–Crippen MR) is 273 cm³/mol. The van der Waals surface area contributed by atoms with Crippen LogP contribution in [0.5, 0.6) is 0 Å². The van der Waals surface area contributed by atoms with Gasteiger partial charge in [0, 0.05) is 36.6 Å². The highest BCUT2D eigenvalue weighted by Gasteiger charge is 2.63.